The van der Waals surface area contributed by atoms with Crippen LogP contribution >= 0.6 is 23.2 Å². The molecule has 0 saturated heterocycles. The molecular formula is C14H14Cl2N2O. The molecule has 0 bridgehead atoms. The first-order chi connectivity index (χ1) is 9.08. The Morgan fingerprint density at radius 1 is 1.26 bits per heavy atom. The van der Waals surface area contributed by atoms with Crippen LogP contribution in [0, 0.1) is 0 Å². The molecule has 1 aromatic heterocycles. The van der Waals surface area contributed by atoms with Gasteiger partial charge >= 0.3 is 0 Å². The van der Waals surface area contributed by atoms with Gasteiger partial charge in [0.15, 0.2) is 0 Å². The molecule has 2 rings (SSSR count). The molecule has 0 radical (unpaired) electrons. The maximum absolute atomic E-state index is 12.5. The lowest BCUT2D eigenvalue weighted by Crippen LogP contribution is -2.31. The van der Waals surface area contributed by atoms with Gasteiger partial charge in [-0.3, -0.25) is 9.78 Å². The Balaban J connectivity index is 2.64. The molecule has 0 saturated carbocycles. The van der Waals surface area contributed by atoms with Gasteiger partial charge in [0.05, 0.1) is 21.1 Å². The van der Waals surface area contributed by atoms with Crippen molar-refractivity contribution in [3.05, 3.63) is 40.0 Å². The average Bonchev–Trinajstić information content (AvgIpc) is 2.40. The first-order valence-electron chi connectivity index (χ1n) is 6.11. The first kappa shape index (κ1) is 14.1. The molecular weight excluding hydrogens is 283 g/mol. The summed E-state index contributed by atoms with van der Waals surface area (Å²) in [5, 5.41) is 1.77. The smallest absolute Gasteiger partial charge is 0.257 e. The van der Waals surface area contributed by atoms with E-state index in [0.717, 1.165) is 5.39 Å². The Labute approximate surface area is 122 Å². The summed E-state index contributed by atoms with van der Waals surface area (Å²) >= 11 is 12.1. The molecule has 0 aliphatic heterocycles. The normalized spacial score (nSPS) is 10.7. The second-order valence-corrected chi connectivity index (χ2v) is 4.97. The zero-order valence-electron chi connectivity index (χ0n) is 10.8. The molecule has 1 aromatic carbocycles. The van der Waals surface area contributed by atoms with Crippen molar-refractivity contribution < 1.29 is 4.79 Å². The van der Waals surface area contributed by atoms with Gasteiger partial charge in [-0.15, -0.1) is 0 Å². The highest BCUT2D eigenvalue weighted by molar-refractivity contribution is 6.36. The van der Waals surface area contributed by atoms with Crippen LogP contribution in [0.4, 0.5) is 0 Å². The predicted octanol–water partition coefficient (Wildman–Crippen LogP) is 4.02. The molecule has 0 atom stereocenters. The van der Waals surface area contributed by atoms with E-state index in [1.54, 1.807) is 17.0 Å². The average molecular weight is 297 g/mol. The molecule has 100 valence electrons. The molecule has 0 aliphatic carbocycles. The molecule has 0 fully saturated rings. The fourth-order valence-corrected chi connectivity index (χ4v) is 2.42. The van der Waals surface area contributed by atoms with Crippen LogP contribution in [0.2, 0.25) is 10.0 Å². The summed E-state index contributed by atoms with van der Waals surface area (Å²) in [4.78, 5) is 18.5. The summed E-state index contributed by atoms with van der Waals surface area (Å²) in [6, 6.07) is 5.30. The molecule has 3 nitrogen and oxygen atoms in total. The van der Waals surface area contributed by atoms with Crippen LogP contribution in [0.1, 0.15) is 24.2 Å². The molecule has 2 aromatic rings. The fraction of sp³-hybridized carbons (Fsp3) is 0.286. The molecule has 19 heavy (non-hydrogen) atoms. The lowest BCUT2D eigenvalue weighted by Gasteiger charge is -2.20. The van der Waals surface area contributed by atoms with E-state index in [1.165, 1.54) is 6.20 Å². The highest BCUT2D eigenvalue weighted by Crippen LogP contribution is 2.27. The number of fused-ring (bicyclic) bond motifs is 1. The number of carbonyl (C=O) groups is 1. The number of hydrogen-bond acceptors (Lipinski definition) is 2. The lowest BCUT2D eigenvalue weighted by atomic mass is 10.1. The van der Waals surface area contributed by atoms with Crippen LogP contribution in [0.5, 0.6) is 0 Å². The van der Waals surface area contributed by atoms with Crippen molar-refractivity contribution in [2.75, 3.05) is 13.1 Å². The number of carbonyl (C=O) groups excluding carboxylic acids is 1. The summed E-state index contributed by atoms with van der Waals surface area (Å²) in [5.41, 5.74) is 1.04. The highest BCUT2D eigenvalue weighted by Gasteiger charge is 2.19. The Morgan fingerprint density at radius 2 is 1.95 bits per heavy atom. The zero-order chi connectivity index (χ0) is 14.0. The van der Waals surface area contributed by atoms with Crippen molar-refractivity contribution >= 4 is 40.0 Å². The van der Waals surface area contributed by atoms with Gasteiger partial charge in [-0.2, -0.15) is 0 Å². The van der Waals surface area contributed by atoms with Gasteiger partial charge in [-0.25, -0.2) is 0 Å². The maximum Gasteiger partial charge on any atom is 0.257 e. The Hall–Kier alpha value is -1.32. The van der Waals surface area contributed by atoms with Gasteiger partial charge in [0.2, 0.25) is 0 Å². The van der Waals surface area contributed by atoms with Crippen molar-refractivity contribution in [3.8, 4) is 0 Å². The minimum absolute atomic E-state index is 0.101. The third kappa shape index (κ3) is 2.67. The van der Waals surface area contributed by atoms with E-state index in [-0.39, 0.29) is 5.91 Å². The Bertz CT molecular complexity index is 624. The maximum atomic E-state index is 12.5. The summed E-state index contributed by atoms with van der Waals surface area (Å²) in [6.45, 7) is 5.14. The minimum atomic E-state index is -0.101. The molecule has 0 unspecified atom stereocenters. The summed E-state index contributed by atoms with van der Waals surface area (Å²) in [7, 11) is 0. The van der Waals surface area contributed by atoms with Gasteiger partial charge in [0, 0.05) is 24.7 Å². The molecule has 1 heterocycles. The topological polar surface area (TPSA) is 33.2 Å². The van der Waals surface area contributed by atoms with Crippen molar-refractivity contribution in [2.45, 2.75) is 13.8 Å². The van der Waals surface area contributed by atoms with E-state index >= 15 is 0 Å². The van der Waals surface area contributed by atoms with Gasteiger partial charge in [-0.05, 0) is 26.0 Å². The van der Waals surface area contributed by atoms with Crippen LogP contribution in [0.15, 0.2) is 24.4 Å². The summed E-state index contributed by atoms with van der Waals surface area (Å²) in [5.74, 6) is -0.101. The number of pyridine rings is 1. The number of benzene rings is 1. The number of aromatic nitrogens is 1. The van der Waals surface area contributed by atoms with Crippen LogP contribution in [-0.2, 0) is 0 Å². The molecule has 0 aliphatic rings. The minimum Gasteiger partial charge on any atom is -0.339 e. The Kier molecular flexibility index (Phi) is 4.27. The molecule has 5 heteroatoms. The van der Waals surface area contributed by atoms with Crippen molar-refractivity contribution in [1.82, 2.24) is 9.88 Å². The van der Waals surface area contributed by atoms with E-state index in [9.17, 15) is 4.79 Å². The quantitative estimate of drug-likeness (QED) is 0.857. The van der Waals surface area contributed by atoms with E-state index < -0.39 is 0 Å². The van der Waals surface area contributed by atoms with Crippen molar-refractivity contribution in [3.63, 3.8) is 0 Å². The van der Waals surface area contributed by atoms with E-state index in [4.69, 9.17) is 23.2 Å². The van der Waals surface area contributed by atoms with Crippen LogP contribution in [0.25, 0.3) is 10.9 Å². The van der Waals surface area contributed by atoms with Crippen LogP contribution in [-0.4, -0.2) is 28.9 Å². The standard InChI is InChI=1S/C14H14Cl2N2O/c1-3-18(4-2)14(19)12-11(16)6-5-9-7-10(15)8-17-13(9)12/h5-8H,3-4H2,1-2H3. The number of nitrogens with zero attached hydrogens (tertiary/aromatic N) is 2. The van der Waals surface area contributed by atoms with Gasteiger partial charge in [0.1, 0.15) is 0 Å². The summed E-state index contributed by atoms with van der Waals surface area (Å²) in [6.07, 6.45) is 1.53. The highest BCUT2D eigenvalue weighted by atomic mass is 35.5. The number of rotatable bonds is 3. The zero-order valence-corrected chi connectivity index (χ0v) is 12.3. The SMILES string of the molecule is CCN(CC)C(=O)c1c(Cl)ccc2cc(Cl)cnc12. The van der Waals surface area contributed by atoms with E-state index in [0.29, 0.717) is 34.2 Å². The second kappa shape index (κ2) is 5.76. The molecule has 0 N–H and O–H groups in total. The van der Waals surface area contributed by atoms with Crippen molar-refractivity contribution in [2.24, 2.45) is 0 Å². The second-order valence-electron chi connectivity index (χ2n) is 4.13. The molecule has 0 spiro atoms. The monoisotopic (exact) mass is 296 g/mol. The number of amides is 1. The third-order valence-electron chi connectivity index (χ3n) is 3.03. The Morgan fingerprint density at radius 3 is 2.58 bits per heavy atom. The predicted molar refractivity (Wildman–Crippen MR) is 79.0 cm³/mol. The van der Waals surface area contributed by atoms with Crippen LogP contribution in [0.3, 0.4) is 0 Å². The lowest BCUT2D eigenvalue weighted by molar-refractivity contribution is 0.0775. The van der Waals surface area contributed by atoms with Crippen molar-refractivity contribution in [1.29, 1.82) is 0 Å². The van der Waals surface area contributed by atoms with E-state index in [1.807, 2.05) is 19.9 Å². The fourth-order valence-electron chi connectivity index (χ4n) is 2.02. The van der Waals surface area contributed by atoms with E-state index in [2.05, 4.69) is 4.98 Å². The third-order valence-corrected chi connectivity index (χ3v) is 3.55. The van der Waals surface area contributed by atoms with Crippen LogP contribution < -0.4 is 0 Å². The van der Waals surface area contributed by atoms with Gasteiger partial charge in [0.25, 0.3) is 5.91 Å². The first-order valence-corrected chi connectivity index (χ1v) is 6.87. The van der Waals surface area contributed by atoms with Gasteiger partial charge < -0.3 is 4.90 Å². The number of halogens is 2. The number of hydrogen-bond donors (Lipinski definition) is 0. The van der Waals surface area contributed by atoms with Gasteiger partial charge in [-0.1, -0.05) is 29.3 Å². The largest absolute Gasteiger partial charge is 0.339 e. The summed E-state index contributed by atoms with van der Waals surface area (Å²) < 4.78 is 0. The molecule has 1 amide bonds.